The Morgan fingerprint density at radius 3 is 2.67 bits per heavy atom. The molecule has 27 heavy (non-hydrogen) atoms. The Balaban J connectivity index is 1.86. The number of hydrogen-bond donors (Lipinski definition) is 1. The molecule has 1 saturated heterocycles. The number of nitrogens with zero attached hydrogens (tertiary/aromatic N) is 2. The molecule has 8 heteroatoms. The lowest BCUT2D eigenvalue weighted by Crippen LogP contribution is -2.35. The summed E-state index contributed by atoms with van der Waals surface area (Å²) in [6, 6.07) is 5.38. The molecule has 1 aliphatic heterocycles. The Morgan fingerprint density at radius 2 is 2.04 bits per heavy atom. The van der Waals surface area contributed by atoms with E-state index in [2.05, 4.69) is 15.1 Å². The number of thiophene rings is 1. The highest BCUT2D eigenvalue weighted by molar-refractivity contribution is 7.19. The van der Waals surface area contributed by atoms with Gasteiger partial charge in [-0.3, -0.25) is 4.79 Å². The Morgan fingerprint density at radius 1 is 1.30 bits per heavy atom. The molecule has 140 valence electrons. The van der Waals surface area contributed by atoms with Crippen LogP contribution in [0, 0.1) is 6.57 Å². The normalized spacial score (nSPS) is 16.9. The van der Waals surface area contributed by atoms with Gasteiger partial charge in [0.1, 0.15) is 0 Å². The molecule has 1 aromatic heterocycles. The van der Waals surface area contributed by atoms with Gasteiger partial charge in [0.2, 0.25) is 5.69 Å². The molecule has 0 atom stereocenters. The maximum atomic E-state index is 12.9. The van der Waals surface area contributed by atoms with Crippen LogP contribution in [0.1, 0.15) is 22.5 Å². The van der Waals surface area contributed by atoms with Gasteiger partial charge in [-0.25, -0.2) is 4.85 Å². The summed E-state index contributed by atoms with van der Waals surface area (Å²) in [6.45, 7) is 10.4. The lowest BCUT2D eigenvalue weighted by atomic mass is 10.0. The minimum atomic E-state index is -0.145. The number of ether oxygens (including phenoxy) is 1. The van der Waals surface area contributed by atoms with Crippen molar-refractivity contribution in [1.29, 1.82) is 0 Å². The molecule has 2 aromatic rings. The maximum Gasteiger partial charge on any atom is 0.260 e. The summed E-state index contributed by atoms with van der Waals surface area (Å²) in [4.78, 5) is 19.3. The van der Waals surface area contributed by atoms with Crippen LogP contribution in [0.4, 0.5) is 10.7 Å². The van der Waals surface area contributed by atoms with Gasteiger partial charge >= 0.3 is 0 Å². The van der Waals surface area contributed by atoms with E-state index in [1.807, 2.05) is 0 Å². The zero-order chi connectivity index (χ0) is 19.0. The summed E-state index contributed by atoms with van der Waals surface area (Å²) in [6.07, 6.45) is 2.00. The zero-order valence-electron chi connectivity index (χ0n) is 14.4. The number of benzene rings is 1. The third-order valence-electron chi connectivity index (χ3n) is 4.59. The van der Waals surface area contributed by atoms with Gasteiger partial charge in [0.25, 0.3) is 5.91 Å². The summed E-state index contributed by atoms with van der Waals surface area (Å²) >= 11 is 13.8. The summed E-state index contributed by atoms with van der Waals surface area (Å²) in [5.41, 5.74) is 1.71. The molecule has 0 radical (unpaired) electrons. The van der Waals surface area contributed by atoms with Crippen LogP contribution in [0.15, 0.2) is 18.2 Å². The fraction of sp³-hybridized carbons (Fsp3) is 0.368. The third kappa shape index (κ3) is 3.78. The minimum absolute atomic E-state index is 0.145. The lowest BCUT2D eigenvalue weighted by Gasteiger charge is -2.28. The monoisotopic (exact) mass is 421 g/mol. The number of morpholine rings is 1. The Labute approximate surface area is 171 Å². The van der Waals surface area contributed by atoms with Gasteiger partial charge in [-0.15, -0.1) is 11.3 Å². The number of carbonyl (C=O) groups is 1. The predicted octanol–water partition coefficient (Wildman–Crippen LogP) is 5.00. The van der Waals surface area contributed by atoms with E-state index in [-0.39, 0.29) is 11.9 Å². The van der Waals surface area contributed by atoms with Crippen LogP contribution in [-0.4, -0.2) is 38.3 Å². The number of anilines is 1. The van der Waals surface area contributed by atoms with E-state index in [1.165, 1.54) is 11.3 Å². The van der Waals surface area contributed by atoms with E-state index in [0.29, 0.717) is 58.0 Å². The summed E-state index contributed by atoms with van der Waals surface area (Å²) in [5.74, 6) is -0.145. The van der Waals surface area contributed by atoms with Gasteiger partial charge in [0, 0.05) is 34.7 Å². The van der Waals surface area contributed by atoms with Gasteiger partial charge < -0.3 is 15.0 Å². The molecule has 0 spiro atoms. The van der Waals surface area contributed by atoms with Gasteiger partial charge in [0.05, 0.1) is 29.7 Å². The molecule has 0 bridgehead atoms. The second-order valence-corrected chi connectivity index (χ2v) is 8.39. The first-order valence-electron chi connectivity index (χ1n) is 8.71. The molecule has 2 fully saturated rings. The Hall–Kier alpha value is -1.78. The molecular weight excluding hydrogens is 405 g/mol. The molecule has 1 aliphatic carbocycles. The van der Waals surface area contributed by atoms with Crippen molar-refractivity contribution in [1.82, 2.24) is 5.32 Å². The number of hydrogen-bond acceptors (Lipinski definition) is 4. The minimum Gasteiger partial charge on any atom is -0.378 e. The number of rotatable bonds is 4. The van der Waals surface area contributed by atoms with Crippen molar-refractivity contribution in [3.05, 3.63) is 44.5 Å². The molecule has 1 N–H and O–H groups in total. The van der Waals surface area contributed by atoms with E-state index in [9.17, 15) is 4.79 Å². The van der Waals surface area contributed by atoms with Crippen molar-refractivity contribution in [3.8, 4) is 11.1 Å². The lowest BCUT2D eigenvalue weighted by molar-refractivity contribution is 0.0955. The molecule has 2 heterocycles. The molecule has 1 amide bonds. The van der Waals surface area contributed by atoms with Crippen LogP contribution < -0.4 is 10.2 Å². The van der Waals surface area contributed by atoms with Gasteiger partial charge in [-0.1, -0.05) is 29.3 Å². The number of amides is 1. The SMILES string of the molecule is [C-]#[N+]c1c(N2CCOCC2)sc(C(=O)NC2CC2)c1-c1ccc(Cl)cc1Cl. The molecule has 0 unspecified atom stereocenters. The van der Waals surface area contributed by atoms with Crippen molar-refractivity contribution < 1.29 is 9.53 Å². The van der Waals surface area contributed by atoms with E-state index in [4.69, 9.17) is 34.5 Å². The van der Waals surface area contributed by atoms with Crippen molar-refractivity contribution >= 4 is 51.1 Å². The van der Waals surface area contributed by atoms with Gasteiger partial charge in [-0.05, 0) is 30.5 Å². The third-order valence-corrected chi connectivity index (χ3v) is 6.38. The van der Waals surface area contributed by atoms with Crippen molar-refractivity contribution in [2.24, 2.45) is 0 Å². The quantitative estimate of drug-likeness (QED) is 0.706. The van der Waals surface area contributed by atoms with E-state index in [0.717, 1.165) is 17.8 Å². The molecule has 5 nitrogen and oxygen atoms in total. The maximum absolute atomic E-state index is 12.9. The Bertz CT molecular complexity index is 928. The standard InChI is InChI=1S/C19H17Cl2N3O2S/c1-22-16-15(13-5-2-11(20)10-14(13)21)17(18(25)23-12-3-4-12)27-19(16)24-6-8-26-9-7-24/h2,5,10,12H,3-4,6-9H2,(H,23,25). The van der Waals surface area contributed by atoms with Crippen molar-refractivity contribution in [3.63, 3.8) is 0 Å². The van der Waals surface area contributed by atoms with Gasteiger partial charge in [-0.2, -0.15) is 0 Å². The summed E-state index contributed by atoms with van der Waals surface area (Å²) in [7, 11) is 0. The van der Waals surface area contributed by atoms with Crippen LogP contribution in [0.25, 0.3) is 16.0 Å². The molecule has 1 saturated carbocycles. The summed E-state index contributed by atoms with van der Waals surface area (Å²) in [5, 5.41) is 4.78. The first kappa shape index (κ1) is 18.6. The highest BCUT2D eigenvalue weighted by atomic mass is 35.5. The number of nitrogens with one attached hydrogen (secondary N) is 1. The highest BCUT2D eigenvalue weighted by Gasteiger charge is 2.31. The summed E-state index contributed by atoms with van der Waals surface area (Å²) < 4.78 is 5.43. The molecule has 4 rings (SSSR count). The fourth-order valence-electron chi connectivity index (χ4n) is 3.08. The van der Waals surface area contributed by atoms with Crippen LogP contribution in [0.2, 0.25) is 10.0 Å². The average Bonchev–Trinajstić information content (AvgIpc) is 3.39. The van der Waals surface area contributed by atoms with Crippen LogP contribution in [0.3, 0.4) is 0 Å². The first-order valence-corrected chi connectivity index (χ1v) is 10.3. The van der Waals surface area contributed by atoms with E-state index in [1.54, 1.807) is 18.2 Å². The highest BCUT2D eigenvalue weighted by Crippen LogP contribution is 2.50. The van der Waals surface area contributed by atoms with Crippen LogP contribution in [-0.2, 0) is 4.74 Å². The molecule has 2 aliphatic rings. The predicted molar refractivity (Wildman–Crippen MR) is 110 cm³/mol. The second kappa shape index (κ2) is 7.69. The van der Waals surface area contributed by atoms with E-state index < -0.39 is 0 Å². The van der Waals surface area contributed by atoms with Crippen LogP contribution in [0.5, 0.6) is 0 Å². The smallest absolute Gasteiger partial charge is 0.260 e. The largest absolute Gasteiger partial charge is 0.378 e. The average molecular weight is 422 g/mol. The first-order chi connectivity index (χ1) is 13.1. The van der Waals surface area contributed by atoms with Crippen molar-refractivity contribution in [2.75, 3.05) is 31.2 Å². The Kier molecular flexibility index (Phi) is 5.29. The van der Waals surface area contributed by atoms with Crippen LogP contribution >= 0.6 is 34.5 Å². The topological polar surface area (TPSA) is 45.9 Å². The van der Waals surface area contributed by atoms with Crippen molar-refractivity contribution in [2.45, 2.75) is 18.9 Å². The molecule has 1 aromatic carbocycles. The number of carbonyl (C=O) groups excluding carboxylic acids is 1. The fourth-order valence-corrected chi connectivity index (χ4v) is 4.79. The second-order valence-electron chi connectivity index (χ2n) is 6.54. The molecular formula is C19H17Cl2N3O2S. The zero-order valence-corrected chi connectivity index (χ0v) is 16.8. The number of halogens is 2. The van der Waals surface area contributed by atoms with E-state index >= 15 is 0 Å². The van der Waals surface area contributed by atoms with Gasteiger partial charge in [0.15, 0.2) is 0 Å².